The number of fused-ring (bicyclic) bond motifs is 5. The molecule has 4 rings (SSSR count). The van der Waals surface area contributed by atoms with Crippen molar-refractivity contribution >= 4 is 11.7 Å². The van der Waals surface area contributed by atoms with Crippen molar-refractivity contribution in [1.29, 1.82) is 0 Å². The van der Waals surface area contributed by atoms with Gasteiger partial charge in [0.05, 0.1) is 0 Å². The summed E-state index contributed by atoms with van der Waals surface area (Å²) >= 11 is 0. The maximum atomic E-state index is 12.9. The number of hydrogen-bond donors (Lipinski definition) is 1. The largest absolute Gasteiger partial charge is 0.352 e. The molecule has 170 valence electrons. The van der Waals surface area contributed by atoms with Gasteiger partial charge in [-0.2, -0.15) is 0 Å². The van der Waals surface area contributed by atoms with E-state index >= 15 is 0 Å². The van der Waals surface area contributed by atoms with Gasteiger partial charge in [0.1, 0.15) is 5.78 Å². The second kappa shape index (κ2) is 8.24. The molecule has 30 heavy (non-hydrogen) atoms. The Labute approximate surface area is 184 Å². The molecule has 4 aliphatic rings. The van der Waals surface area contributed by atoms with Crippen molar-refractivity contribution in [3.05, 3.63) is 0 Å². The van der Waals surface area contributed by atoms with Gasteiger partial charge in [0.2, 0.25) is 5.91 Å². The Morgan fingerprint density at radius 2 is 1.67 bits per heavy atom. The van der Waals surface area contributed by atoms with Gasteiger partial charge >= 0.3 is 0 Å². The van der Waals surface area contributed by atoms with Crippen molar-refractivity contribution in [3.63, 3.8) is 0 Å². The van der Waals surface area contributed by atoms with Gasteiger partial charge < -0.3 is 5.32 Å². The van der Waals surface area contributed by atoms with Gasteiger partial charge in [-0.05, 0) is 78.4 Å². The standard InChI is InChI=1S/C27H45NO2/c1-17(2)7-6-8-18(3)21-9-10-22-20-16-25(30)28-24-15-19(29)11-13-27(24,5)23(20)12-14-26(21,22)4/h17-18,20-24H,6-16H2,1-5H3,(H,28,30)/t18-,20+,21-,22+,23+,24+,26-,27-/m1/s1. The molecule has 0 bridgehead atoms. The zero-order valence-electron chi connectivity index (χ0n) is 20.1. The maximum absolute atomic E-state index is 12.9. The Morgan fingerprint density at radius 3 is 2.40 bits per heavy atom. The van der Waals surface area contributed by atoms with Crippen LogP contribution in [0.1, 0.15) is 105 Å². The van der Waals surface area contributed by atoms with Crippen molar-refractivity contribution in [1.82, 2.24) is 5.32 Å². The Morgan fingerprint density at radius 1 is 0.933 bits per heavy atom. The van der Waals surface area contributed by atoms with Gasteiger partial charge in [-0.3, -0.25) is 9.59 Å². The quantitative estimate of drug-likeness (QED) is 0.585. The number of carbonyl (C=O) groups excluding carboxylic acids is 2. The third kappa shape index (κ3) is 3.77. The van der Waals surface area contributed by atoms with Crippen LogP contribution >= 0.6 is 0 Å². The molecule has 1 N–H and O–H groups in total. The number of nitrogens with one attached hydrogen (secondary N) is 1. The number of amides is 1. The van der Waals surface area contributed by atoms with E-state index in [4.69, 9.17) is 0 Å². The third-order valence-corrected chi connectivity index (χ3v) is 10.4. The summed E-state index contributed by atoms with van der Waals surface area (Å²) in [4.78, 5) is 25.1. The van der Waals surface area contributed by atoms with Crippen molar-refractivity contribution < 1.29 is 9.59 Å². The van der Waals surface area contributed by atoms with Crippen LogP contribution in [0.5, 0.6) is 0 Å². The molecule has 3 heteroatoms. The molecule has 0 aromatic carbocycles. The van der Waals surface area contributed by atoms with E-state index in [0.29, 0.717) is 48.2 Å². The summed E-state index contributed by atoms with van der Waals surface area (Å²) in [5.74, 6) is 4.78. The van der Waals surface area contributed by atoms with Crippen molar-refractivity contribution in [2.75, 3.05) is 0 Å². The molecule has 1 aliphatic heterocycles. The normalized spacial score (nSPS) is 44.7. The first kappa shape index (κ1) is 22.3. The van der Waals surface area contributed by atoms with Crippen molar-refractivity contribution in [2.45, 2.75) is 111 Å². The first-order valence-electron chi connectivity index (χ1n) is 13.0. The number of carbonyl (C=O) groups is 2. The summed E-state index contributed by atoms with van der Waals surface area (Å²) < 4.78 is 0. The molecule has 0 aromatic rings. The lowest BCUT2D eigenvalue weighted by molar-refractivity contribution is -0.127. The molecular formula is C27H45NO2. The predicted octanol–water partition coefficient (Wildman–Crippen LogP) is 6.16. The topological polar surface area (TPSA) is 46.2 Å². The number of ketones is 1. The van der Waals surface area contributed by atoms with Crippen LogP contribution in [0, 0.1) is 46.3 Å². The molecule has 0 aromatic heterocycles. The van der Waals surface area contributed by atoms with Crippen molar-refractivity contribution in [2.24, 2.45) is 46.3 Å². The first-order chi connectivity index (χ1) is 14.1. The van der Waals surface area contributed by atoms with Crippen LogP contribution in [-0.2, 0) is 9.59 Å². The minimum absolute atomic E-state index is 0.0674. The Balaban J connectivity index is 1.54. The van der Waals surface area contributed by atoms with Crippen LogP contribution in [-0.4, -0.2) is 17.7 Å². The molecule has 0 radical (unpaired) electrons. The summed E-state index contributed by atoms with van der Waals surface area (Å²) in [5.41, 5.74) is 0.506. The van der Waals surface area contributed by atoms with E-state index < -0.39 is 0 Å². The van der Waals surface area contributed by atoms with Gasteiger partial charge in [-0.25, -0.2) is 0 Å². The van der Waals surface area contributed by atoms with Crippen LogP contribution in [0.4, 0.5) is 0 Å². The molecule has 8 atom stereocenters. The van der Waals surface area contributed by atoms with E-state index in [1.165, 1.54) is 44.9 Å². The van der Waals surface area contributed by atoms with Crippen LogP contribution in [0.15, 0.2) is 0 Å². The third-order valence-electron chi connectivity index (χ3n) is 10.4. The van der Waals surface area contributed by atoms with Crippen LogP contribution in [0.25, 0.3) is 0 Å². The zero-order valence-corrected chi connectivity index (χ0v) is 20.1. The smallest absolute Gasteiger partial charge is 0.220 e. The molecule has 0 spiro atoms. The van der Waals surface area contributed by atoms with Gasteiger partial charge in [-0.15, -0.1) is 0 Å². The minimum Gasteiger partial charge on any atom is -0.352 e. The number of hydrogen-bond acceptors (Lipinski definition) is 2. The lowest BCUT2D eigenvalue weighted by Crippen LogP contribution is -2.54. The molecule has 3 aliphatic carbocycles. The van der Waals surface area contributed by atoms with E-state index in [0.717, 1.165) is 24.2 Å². The summed E-state index contributed by atoms with van der Waals surface area (Å²) in [6.07, 6.45) is 12.2. The highest BCUT2D eigenvalue weighted by Crippen LogP contribution is 2.65. The molecule has 3 saturated carbocycles. The van der Waals surface area contributed by atoms with Crippen LogP contribution < -0.4 is 5.32 Å². The Bertz CT molecular complexity index is 672. The fraction of sp³-hybridized carbons (Fsp3) is 0.926. The Kier molecular flexibility index (Phi) is 6.14. The van der Waals surface area contributed by atoms with Crippen LogP contribution in [0.3, 0.4) is 0 Å². The minimum atomic E-state index is 0.0674. The lowest BCUT2D eigenvalue weighted by atomic mass is 9.49. The van der Waals surface area contributed by atoms with E-state index in [2.05, 4.69) is 39.9 Å². The molecule has 1 heterocycles. The van der Waals surface area contributed by atoms with Gasteiger partial charge in [-0.1, -0.05) is 53.9 Å². The molecule has 4 fully saturated rings. The molecule has 3 nitrogen and oxygen atoms in total. The molecule has 1 saturated heterocycles. The second-order valence-corrected chi connectivity index (χ2v) is 12.5. The summed E-state index contributed by atoms with van der Waals surface area (Å²) in [5, 5.41) is 3.31. The highest BCUT2D eigenvalue weighted by molar-refractivity contribution is 5.83. The average molecular weight is 416 g/mol. The lowest BCUT2D eigenvalue weighted by Gasteiger charge is -2.55. The SMILES string of the molecule is CC(C)CCC[C@@H](C)[C@H]1CC[C@H]2[C@@H]3CC(=O)N[C@H]4CC(=O)CC[C@]4(C)[C@H]3CC[C@]12C. The van der Waals surface area contributed by atoms with Gasteiger partial charge in [0.25, 0.3) is 0 Å². The fourth-order valence-electron chi connectivity index (χ4n) is 8.69. The highest BCUT2D eigenvalue weighted by Gasteiger charge is 2.60. The summed E-state index contributed by atoms with van der Waals surface area (Å²) in [6, 6.07) is 0.0674. The monoisotopic (exact) mass is 415 g/mol. The predicted molar refractivity (Wildman–Crippen MR) is 122 cm³/mol. The molecule has 1 amide bonds. The first-order valence-corrected chi connectivity index (χ1v) is 13.0. The number of rotatable bonds is 5. The highest BCUT2D eigenvalue weighted by atomic mass is 16.2. The maximum Gasteiger partial charge on any atom is 0.220 e. The van der Waals surface area contributed by atoms with Crippen molar-refractivity contribution in [3.8, 4) is 0 Å². The number of Topliss-reactive ketones (excluding diaryl/α,β-unsaturated/α-hetero) is 1. The fourth-order valence-corrected chi connectivity index (χ4v) is 8.69. The summed E-state index contributed by atoms with van der Waals surface area (Å²) in [7, 11) is 0. The van der Waals surface area contributed by atoms with E-state index in [1.807, 2.05) is 0 Å². The molecule has 0 unspecified atom stereocenters. The zero-order chi connectivity index (χ0) is 21.7. The van der Waals surface area contributed by atoms with Crippen LogP contribution in [0.2, 0.25) is 0 Å². The average Bonchev–Trinajstić information content (AvgIpc) is 2.97. The van der Waals surface area contributed by atoms with E-state index in [1.54, 1.807) is 0 Å². The van der Waals surface area contributed by atoms with Gasteiger partial charge in [0.15, 0.2) is 0 Å². The second-order valence-electron chi connectivity index (χ2n) is 12.5. The Hall–Kier alpha value is -0.860. The van der Waals surface area contributed by atoms with E-state index in [-0.39, 0.29) is 17.4 Å². The summed E-state index contributed by atoms with van der Waals surface area (Å²) in [6.45, 7) is 12.2. The van der Waals surface area contributed by atoms with E-state index in [9.17, 15) is 9.59 Å². The van der Waals surface area contributed by atoms with Gasteiger partial charge in [0, 0.05) is 25.3 Å². The molecular weight excluding hydrogens is 370 g/mol.